The summed E-state index contributed by atoms with van der Waals surface area (Å²) in [5.41, 5.74) is 2.08. The molecule has 2 heterocycles. The molecule has 0 aliphatic carbocycles. The van der Waals surface area contributed by atoms with Gasteiger partial charge < -0.3 is 15.2 Å². The first-order chi connectivity index (χ1) is 18.3. The summed E-state index contributed by atoms with van der Waals surface area (Å²) in [6, 6.07) is 18.5. The van der Waals surface area contributed by atoms with Gasteiger partial charge in [0, 0.05) is 16.3 Å². The number of phenolic OH excluding ortho intramolecular Hbond substituents is 1. The van der Waals surface area contributed by atoms with E-state index in [0.29, 0.717) is 48.2 Å². The fourth-order valence-electron chi connectivity index (χ4n) is 4.27. The second-order valence-electron chi connectivity index (χ2n) is 8.50. The number of nitrogens with zero attached hydrogens (tertiary/aromatic N) is 2. The molecule has 7 nitrogen and oxygen atoms in total. The third-order valence-electron chi connectivity index (χ3n) is 6.07. The van der Waals surface area contributed by atoms with Gasteiger partial charge in [-0.1, -0.05) is 64.9 Å². The number of amides is 1. The molecular formula is C28H21Cl2N3O4S. The van der Waals surface area contributed by atoms with Crippen LogP contribution in [0.3, 0.4) is 0 Å². The maximum Gasteiger partial charge on any atom is 0.271 e. The van der Waals surface area contributed by atoms with E-state index in [-0.39, 0.29) is 22.2 Å². The largest absolute Gasteiger partial charge is 0.506 e. The number of aromatic hydroxyl groups is 1. The van der Waals surface area contributed by atoms with Gasteiger partial charge in [-0.2, -0.15) is 0 Å². The van der Waals surface area contributed by atoms with E-state index in [0.717, 1.165) is 11.3 Å². The molecule has 0 saturated heterocycles. The van der Waals surface area contributed by atoms with Crippen LogP contribution in [0.4, 0.5) is 5.69 Å². The second kappa shape index (κ2) is 10.5. The number of allylic oxidation sites excluding steroid dienone is 1. The molecule has 1 aliphatic heterocycles. The third kappa shape index (κ3) is 4.86. The third-order valence-corrected chi connectivity index (χ3v) is 7.56. The van der Waals surface area contributed by atoms with Gasteiger partial charge in [0.05, 0.1) is 34.0 Å². The summed E-state index contributed by atoms with van der Waals surface area (Å²) in [6.45, 7) is 1.75. The number of halogens is 2. The molecule has 1 aromatic heterocycles. The highest BCUT2D eigenvalue weighted by Gasteiger charge is 2.32. The van der Waals surface area contributed by atoms with Crippen molar-refractivity contribution in [3.05, 3.63) is 119 Å². The van der Waals surface area contributed by atoms with Crippen LogP contribution in [0.1, 0.15) is 24.1 Å². The molecule has 1 aliphatic rings. The van der Waals surface area contributed by atoms with Crippen LogP contribution in [-0.2, 0) is 4.79 Å². The van der Waals surface area contributed by atoms with Gasteiger partial charge in [-0.15, -0.1) is 0 Å². The number of hydrogen-bond acceptors (Lipinski definition) is 6. The quantitative estimate of drug-likeness (QED) is 0.360. The number of phenols is 1. The highest BCUT2D eigenvalue weighted by molar-refractivity contribution is 7.07. The standard InChI is InChI=1S/C28H21Cl2N3O4S/c1-15-23(26(35)32-19-6-4-3-5-7-19)24(16-8-10-20(37-2)11-9-16)33-27(36)22(38-28(33)31-15)13-17-12-18(29)14-21(30)25(17)34/h3-14,24,34H,1-2H3,(H,32,35)/b22-13+/t24-/m1/s1. The molecule has 4 aromatic rings. The van der Waals surface area contributed by atoms with Crippen molar-refractivity contribution in [1.29, 1.82) is 0 Å². The topological polar surface area (TPSA) is 92.9 Å². The molecular weight excluding hydrogens is 545 g/mol. The number of rotatable bonds is 5. The maximum atomic E-state index is 13.8. The average Bonchev–Trinajstić information content (AvgIpc) is 3.20. The lowest BCUT2D eigenvalue weighted by Gasteiger charge is -2.25. The van der Waals surface area contributed by atoms with Gasteiger partial charge in [-0.25, -0.2) is 4.99 Å². The van der Waals surface area contributed by atoms with E-state index in [9.17, 15) is 14.7 Å². The summed E-state index contributed by atoms with van der Waals surface area (Å²) in [5, 5.41) is 13.7. The molecule has 0 bridgehead atoms. The Kier molecular flexibility index (Phi) is 7.12. The van der Waals surface area contributed by atoms with Gasteiger partial charge in [0.15, 0.2) is 4.80 Å². The summed E-state index contributed by atoms with van der Waals surface area (Å²) in [4.78, 5) is 32.4. The van der Waals surface area contributed by atoms with E-state index >= 15 is 0 Å². The molecule has 192 valence electrons. The van der Waals surface area contributed by atoms with Crippen LogP contribution in [0.5, 0.6) is 11.5 Å². The summed E-state index contributed by atoms with van der Waals surface area (Å²) < 4.78 is 7.09. The van der Waals surface area contributed by atoms with Crippen molar-refractivity contribution in [3.63, 3.8) is 0 Å². The Morgan fingerprint density at radius 1 is 1.13 bits per heavy atom. The first kappa shape index (κ1) is 25.8. The van der Waals surface area contributed by atoms with E-state index in [1.165, 1.54) is 22.8 Å². The smallest absolute Gasteiger partial charge is 0.271 e. The van der Waals surface area contributed by atoms with E-state index in [1.807, 2.05) is 30.3 Å². The molecule has 2 N–H and O–H groups in total. The van der Waals surface area contributed by atoms with Gasteiger partial charge in [0.1, 0.15) is 11.5 Å². The van der Waals surface area contributed by atoms with Crippen LogP contribution in [0, 0.1) is 0 Å². The lowest BCUT2D eigenvalue weighted by molar-refractivity contribution is -0.113. The number of benzene rings is 3. The Labute approximate surface area is 231 Å². The van der Waals surface area contributed by atoms with Crippen molar-refractivity contribution in [2.45, 2.75) is 13.0 Å². The number of thiazole rings is 1. The molecule has 0 saturated carbocycles. The minimum Gasteiger partial charge on any atom is -0.506 e. The molecule has 0 fully saturated rings. The highest BCUT2D eigenvalue weighted by atomic mass is 35.5. The van der Waals surface area contributed by atoms with Crippen LogP contribution in [0.2, 0.25) is 10.0 Å². The van der Waals surface area contributed by atoms with Crippen molar-refractivity contribution in [2.24, 2.45) is 4.99 Å². The van der Waals surface area contributed by atoms with E-state index < -0.39 is 6.04 Å². The van der Waals surface area contributed by atoms with Gasteiger partial charge in [0.25, 0.3) is 11.5 Å². The fraction of sp³-hybridized carbons (Fsp3) is 0.107. The van der Waals surface area contributed by atoms with Gasteiger partial charge in [0.2, 0.25) is 0 Å². The summed E-state index contributed by atoms with van der Waals surface area (Å²) in [5.74, 6) is 0.0880. The predicted octanol–water partition coefficient (Wildman–Crippen LogP) is 4.89. The summed E-state index contributed by atoms with van der Waals surface area (Å²) in [7, 11) is 1.57. The zero-order chi connectivity index (χ0) is 27.0. The fourth-order valence-corrected chi connectivity index (χ4v) is 5.82. The van der Waals surface area contributed by atoms with Crippen LogP contribution >= 0.6 is 34.5 Å². The van der Waals surface area contributed by atoms with Gasteiger partial charge in [-0.05, 0) is 55.0 Å². The average molecular weight is 566 g/mol. The minimum atomic E-state index is -0.750. The Balaban J connectivity index is 1.70. The number of anilines is 1. The molecule has 1 amide bonds. The van der Waals surface area contributed by atoms with E-state index in [1.54, 1.807) is 38.3 Å². The van der Waals surface area contributed by atoms with Crippen LogP contribution in [-0.4, -0.2) is 22.7 Å². The molecule has 0 spiro atoms. The number of aromatic nitrogens is 1. The number of hydrogen-bond donors (Lipinski definition) is 2. The SMILES string of the molecule is COc1ccc([C@@H]2C(C(=O)Nc3ccccc3)=C(C)N=c3s/c(=C/c4cc(Cl)cc(Cl)c4O)c(=O)n32)cc1. The van der Waals surface area contributed by atoms with Crippen molar-refractivity contribution in [2.75, 3.05) is 12.4 Å². The molecule has 5 rings (SSSR count). The van der Waals surface area contributed by atoms with E-state index in [4.69, 9.17) is 27.9 Å². The van der Waals surface area contributed by atoms with Crippen LogP contribution < -0.4 is 24.9 Å². The normalized spacial score (nSPS) is 15.2. The number of methoxy groups -OCH3 is 1. The molecule has 1 atom stereocenters. The number of ether oxygens (including phenoxy) is 1. The lowest BCUT2D eigenvalue weighted by Crippen LogP contribution is -2.40. The first-order valence-corrected chi connectivity index (χ1v) is 13.0. The summed E-state index contributed by atoms with van der Waals surface area (Å²) in [6.07, 6.45) is 1.52. The zero-order valence-electron chi connectivity index (χ0n) is 20.2. The van der Waals surface area contributed by atoms with Crippen LogP contribution in [0.15, 0.2) is 87.8 Å². The highest BCUT2D eigenvalue weighted by Crippen LogP contribution is 2.33. The second-order valence-corrected chi connectivity index (χ2v) is 10.4. The maximum absolute atomic E-state index is 13.8. The van der Waals surface area contributed by atoms with Crippen molar-refractivity contribution in [1.82, 2.24) is 4.57 Å². The molecule has 3 aromatic carbocycles. The Hall–Kier alpha value is -3.85. The Morgan fingerprint density at radius 3 is 2.53 bits per heavy atom. The van der Waals surface area contributed by atoms with Crippen molar-refractivity contribution in [3.8, 4) is 11.5 Å². The van der Waals surface area contributed by atoms with Crippen molar-refractivity contribution < 1.29 is 14.6 Å². The number of carbonyl (C=O) groups excluding carboxylic acids is 1. The number of para-hydroxylation sites is 1. The Morgan fingerprint density at radius 2 is 1.84 bits per heavy atom. The monoisotopic (exact) mass is 565 g/mol. The van der Waals surface area contributed by atoms with Gasteiger partial charge >= 0.3 is 0 Å². The minimum absolute atomic E-state index is 0.0725. The zero-order valence-corrected chi connectivity index (χ0v) is 22.6. The first-order valence-electron chi connectivity index (χ1n) is 11.5. The Bertz CT molecular complexity index is 1760. The number of nitrogens with one attached hydrogen (secondary N) is 1. The lowest BCUT2D eigenvalue weighted by atomic mass is 9.95. The molecule has 38 heavy (non-hydrogen) atoms. The van der Waals surface area contributed by atoms with Gasteiger partial charge in [-0.3, -0.25) is 14.2 Å². The molecule has 10 heteroatoms. The molecule has 0 radical (unpaired) electrons. The number of carbonyl (C=O) groups is 1. The predicted molar refractivity (Wildman–Crippen MR) is 150 cm³/mol. The van der Waals surface area contributed by atoms with Crippen molar-refractivity contribution >= 4 is 52.2 Å². The van der Waals surface area contributed by atoms with E-state index in [2.05, 4.69) is 10.3 Å². The number of fused-ring (bicyclic) bond motifs is 1. The summed E-state index contributed by atoms with van der Waals surface area (Å²) >= 11 is 13.3. The van der Waals surface area contributed by atoms with Crippen LogP contribution in [0.25, 0.3) is 6.08 Å². The molecule has 0 unspecified atom stereocenters.